The summed E-state index contributed by atoms with van der Waals surface area (Å²) in [6, 6.07) is 2.03. The van der Waals surface area contributed by atoms with Gasteiger partial charge in [-0.2, -0.15) is 0 Å². The lowest BCUT2D eigenvalue weighted by Crippen LogP contribution is -2.22. The van der Waals surface area contributed by atoms with Crippen molar-refractivity contribution in [2.75, 3.05) is 11.5 Å². The molecule has 1 aromatic carbocycles. The summed E-state index contributed by atoms with van der Waals surface area (Å²) in [5.74, 6) is -0.668. The molecule has 0 aliphatic heterocycles. The number of aliphatic hydroxyl groups is 2. The summed E-state index contributed by atoms with van der Waals surface area (Å²) in [6.45, 7) is 1.34. The molecule has 0 bridgehead atoms. The zero-order chi connectivity index (χ0) is 13.9. The highest BCUT2D eigenvalue weighted by atomic mass is 35.5. The van der Waals surface area contributed by atoms with Crippen molar-refractivity contribution in [3.8, 4) is 0 Å². The van der Waals surface area contributed by atoms with Crippen LogP contribution >= 0.6 is 23.4 Å². The highest BCUT2D eigenvalue weighted by Crippen LogP contribution is 2.31. The van der Waals surface area contributed by atoms with E-state index < -0.39 is 18.0 Å². The molecule has 0 aliphatic rings. The second-order valence-electron chi connectivity index (χ2n) is 3.71. The standard InChI is InChI=1S/C11H13ClFNO3S/c1-5(15)18-4-9(16)11(17)7-2-6(13)3-8(12)10(7)14/h2-3,9,11,16-17H,4,14H2,1H3. The number of carbonyl (C=O) groups excluding carboxylic acids is 1. The maximum absolute atomic E-state index is 13.2. The fourth-order valence-electron chi connectivity index (χ4n) is 1.35. The quantitative estimate of drug-likeness (QED) is 0.737. The van der Waals surface area contributed by atoms with Crippen molar-refractivity contribution in [1.82, 2.24) is 0 Å². The van der Waals surface area contributed by atoms with E-state index in [1.165, 1.54) is 6.92 Å². The third-order valence-electron chi connectivity index (χ3n) is 2.27. The molecule has 0 saturated heterocycles. The molecule has 0 heterocycles. The van der Waals surface area contributed by atoms with Crippen LogP contribution in [0.2, 0.25) is 5.02 Å². The number of anilines is 1. The lowest BCUT2D eigenvalue weighted by atomic mass is 10.0. The molecule has 1 rings (SSSR count). The van der Waals surface area contributed by atoms with Crippen molar-refractivity contribution in [2.45, 2.75) is 19.1 Å². The Balaban J connectivity index is 2.89. The first-order valence-corrected chi connectivity index (χ1v) is 6.43. The van der Waals surface area contributed by atoms with Gasteiger partial charge in [-0.1, -0.05) is 23.4 Å². The lowest BCUT2D eigenvalue weighted by molar-refractivity contribution is -0.109. The van der Waals surface area contributed by atoms with Crippen LogP contribution in [0.25, 0.3) is 0 Å². The zero-order valence-corrected chi connectivity index (χ0v) is 11.1. The minimum Gasteiger partial charge on any atom is -0.397 e. The van der Waals surface area contributed by atoms with Gasteiger partial charge in [-0.25, -0.2) is 4.39 Å². The van der Waals surface area contributed by atoms with Crippen LogP contribution in [-0.2, 0) is 4.79 Å². The summed E-state index contributed by atoms with van der Waals surface area (Å²) in [5, 5.41) is 19.3. The van der Waals surface area contributed by atoms with Crippen LogP contribution in [0.5, 0.6) is 0 Å². The summed E-state index contributed by atoms with van der Waals surface area (Å²) in [5.41, 5.74) is 5.62. The van der Waals surface area contributed by atoms with Crippen LogP contribution in [0, 0.1) is 5.82 Å². The van der Waals surface area contributed by atoms with Crippen LogP contribution in [0.3, 0.4) is 0 Å². The van der Waals surface area contributed by atoms with Crippen molar-refractivity contribution >= 4 is 34.2 Å². The first-order valence-electron chi connectivity index (χ1n) is 5.06. The second kappa shape index (κ2) is 6.38. The van der Waals surface area contributed by atoms with Gasteiger partial charge in [0.2, 0.25) is 0 Å². The normalized spacial score (nSPS) is 14.3. The average Bonchev–Trinajstić information content (AvgIpc) is 2.29. The van der Waals surface area contributed by atoms with Gasteiger partial charge in [-0.3, -0.25) is 4.79 Å². The third-order valence-corrected chi connectivity index (χ3v) is 3.49. The Labute approximate surface area is 113 Å². The summed E-state index contributed by atoms with van der Waals surface area (Å²) in [6.07, 6.45) is -2.64. The molecule has 100 valence electrons. The topological polar surface area (TPSA) is 83.5 Å². The fraction of sp³-hybridized carbons (Fsp3) is 0.364. The minimum absolute atomic E-state index is 0.00985. The number of hydrogen-bond acceptors (Lipinski definition) is 5. The Kier molecular flexibility index (Phi) is 5.40. The van der Waals surface area contributed by atoms with Gasteiger partial charge in [0, 0.05) is 18.2 Å². The monoisotopic (exact) mass is 293 g/mol. The fourth-order valence-corrected chi connectivity index (χ4v) is 2.15. The van der Waals surface area contributed by atoms with Crippen molar-refractivity contribution in [1.29, 1.82) is 0 Å². The van der Waals surface area contributed by atoms with E-state index in [1.54, 1.807) is 0 Å². The van der Waals surface area contributed by atoms with E-state index in [9.17, 15) is 19.4 Å². The molecule has 7 heteroatoms. The Bertz CT molecular complexity index is 458. The van der Waals surface area contributed by atoms with Gasteiger partial charge in [0.05, 0.1) is 16.8 Å². The van der Waals surface area contributed by atoms with E-state index in [0.29, 0.717) is 0 Å². The van der Waals surface area contributed by atoms with Crippen LogP contribution in [0.1, 0.15) is 18.6 Å². The first kappa shape index (κ1) is 15.2. The number of nitrogen functional groups attached to an aromatic ring is 1. The maximum atomic E-state index is 13.2. The van der Waals surface area contributed by atoms with E-state index in [1.807, 2.05) is 0 Å². The molecule has 0 aliphatic carbocycles. The Hall–Kier alpha value is -0.820. The van der Waals surface area contributed by atoms with E-state index in [4.69, 9.17) is 17.3 Å². The van der Waals surface area contributed by atoms with Gasteiger partial charge < -0.3 is 15.9 Å². The minimum atomic E-state index is -1.40. The predicted octanol–water partition coefficient (Wildman–Crippen LogP) is 1.74. The third kappa shape index (κ3) is 3.84. The molecular formula is C11H13ClFNO3S. The van der Waals surface area contributed by atoms with Crippen LogP contribution in [-0.4, -0.2) is 27.2 Å². The van der Waals surface area contributed by atoms with E-state index >= 15 is 0 Å². The molecule has 4 N–H and O–H groups in total. The molecule has 0 amide bonds. The number of benzene rings is 1. The lowest BCUT2D eigenvalue weighted by Gasteiger charge is -2.19. The smallest absolute Gasteiger partial charge is 0.185 e. The van der Waals surface area contributed by atoms with Crippen LogP contribution < -0.4 is 5.73 Å². The van der Waals surface area contributed by atoms with E-state index in [0.717, 1.165) is 23.9 Å². The number of carbonyl (C=O) groups is 1. The maximum Gasteiger partial charge on any atom is 0.185 e. The van der Waals surface area contributed by atoms with Gasteiger partial charge in [0.25, 0.3) is 0 Å². The van der Waals surface area contributed by atoms with Gasteiger partial charge in [0.15, 0.2) is 5.12 Å². The molecule has 2 atom stereocenters. The molecule has 4 nitrogen and oxygen atoms in total. The highest BCUT2D eigenvalue weighted by molar-refractivity contribution is 8.13. The number of aliphatic hydroxyl groups excluding tert-OH is 2. The molecular weight excluding hydrogens is 281 g/mol. The Morgan fingerprint density at radius 2 is 2.17 bits per heavy atom. The molecule has 0 spiro atoms. The molecule has 0 radical (unpaired) electrons. The number of thioether (sulfide) groups is 1. The van der Waals surface area contributed by atoms with E-state index in [-0.39, 0.29) is 27.1 Å². The molecule has 0 aromatic heterocycles. The summed E-state index contributed by atoms with van der Waals surface area (Å²) in [7, 11) is 0. The molecule has 0 fully saturated rings. The van der Waals surface area contributed by atoms with Crippen LogP contribution in [0.4, 0.5) is 10.1 Å². The number of nitrogens with two attached hydrogens (primary N) is 1. The van der Waals surface area contributed by atoms with Crippen molar-refractivity contribution in [2.24, 2.45) is 0 Å². The van der Waals surface area contributed by atoms with Crippen LogP contribution in [0.15, 0.2) is 12.1 Å². The number of halogens is 2. The largest absolute Gasteiger partial charge is 0.397 e. The predicted molar refractivity (Wildman–Crippen MR) is 69.9 cm³/mol. The van der Waals surface area contributed by atoms with Crippen molar-refractivity contribution in [3.63, 3.8) is 0 Å². The number of hydrogen-bond donors (Lipinski definition) is 3. The van der Waals surface area contributed by atoms with E-state index in [2.05, 4.69) is 0 Å². The molecule has 2 unspecified atom stereocenters. The van der Waals surface area contributed by atoms with Gasteiger partial charge >= 0.3 is 0 Å². The molecule has 1 aromatic rings. The SMILES string of the molecule is CC(=O)SCC(O)C(O)c1cc(F)cc(Cl)c1N. The van der Waals surface area contributed by atoms with Crippen molar-refractivity contribution in [3.05, 3.63) is 28.5 Å². The first-order chi connectivity index (χ1) is 8.32. The molecule has 18 heavy (non-hydrogen) atoms. The summed E-state index contributed by atoms with van der Waals surface area (Å²) >= 11 is 6.54. The van der Waals surface area contributed by atoms with Gasteiger partial charge in [0.1, 0.15) is 11.9 Å². The van der Waals surface area contributed by atoms with Crippen molar-refractivity contribution < 1.29 is 19.4 Å². The second-order valence-corrected chi connectivity index (χ2v) is 5.31. The summed E-state index contributed by atoms with van der Waals surface area (Å²) in [4.78, 5) is 10.7. The highest BCUT2D eigenvalue weighted by Gasteiger charge is 2.23. The van der Waals surface area contributed by atoms with Gasteiger partial charge in [-0.05, 0) is 12.1 Å². The van der Waals surface area contributed by atoms with Gasteiger partial charge in [-0.15, -0.1) is 0 Å². The Morgan fingerprint density at radius 3 is 2.72 bits per heavy atom. The zero-order valence-electron chi connectivity index (χ0n) is 9.56. The molecule has 0 saturated carbocycles. The summed E-state index contributed by atoms with van der Waals surface area (Å²) < 4.78 is 13.2. The average molecular weight is 294 g/mol. The number of rotatable bonds is 4. The Morgan fingerprint density at radius 1 is 1.56 bits per heavy atom.